The maximum Gasteiger partial charge on any atom is 0.262 e. The monoisotopic (exact) mass is 418 g/mol. The van der Waals surface area contributed by atoms with E-state index in [1.807, 2.05) is 43.3 Å². The second-order valence-electron chi connectivity index (χ2n) is 7.06. The molecule has 1 unspecified atom stereocenters. The van der Waals surface area contributed by atoms with E-state index in [1.54, 1.807) is 36.4 Å². The maximum absolute atomic E-state index is 12.3. The van der Waals surface area contributed by atoms with Gasteiger partial charge in [-0.3, -0.25) is 9.59 Å². The molecule has 0 fully saturated rings. The highest BCUT2D eigenvalue weighted by atomic mass is 16.5. The van der Waals surface area contributed by atoms with Crippen molar-refractivity contribution in [3.05, 3.63) is 78.4 Å². The number of rotatable bonds is 7. The van der Waals surface area contributed by atoms with E-state index in [2.05, 4.69) is 10.6 Å². The summed E-state index contributed by atoms with van der Waals surface area (Å²) in [5.74, 6) is 2.16. The van der Waals surface area contributed by atoms with Crippen LogP contribution in [0.2, 0.25) is 0 Å². The first kappa shape index (κ1) is 20.3. The van der Waals surface area contributed by atoms with E-state index in [9.17, 15) is 9.59 Å². The first-order chi connectivity index (χ1) is 15.1. The van der Waals surface area contributed by atoms with Gasteiger partial charge in [-0.2, -0.15) is 0 Å². The summed E-state index contributed by atoms with van der Waals surface area (Å²) in [4.78, 5) is 23.8. The van der Waals surface area contributed by atoms with Gasteiger partial charge in [0.1, 0.15) is 23.0 Å². The van der Waals surface area contributed by atoms with Gasteiger partial charge in [0.15, 0.2) is 13.2 Å². The molecule has 0 aliphatic carbocycles. The molecule has 1 aliphatic heterocycles. The highest BCUT2D eigenvalue weighted by Gasteiger charge is 2.18. The van der Waals surface area contributed by atoms with Crippen molar-refractivity contribution in [2.24, 2.45) is 0 Å². The molecule has 0 saturated carbocycles. The van der Waals surface area contributed by atoms with Gasteiger partial charge in [-0.1, -0.05) is 24.3 Å². The number of ether oxygens (including phenoxy) is 3. The lowest BCUT2D eigenvalue weighted by Crippen LogP contribution is -2.31. The molecule has 0 saturated heterocycles. The Kier molecular flexibility index (Phi) is 6.03. The number of hydrogen-bond acceptors (Lipinski definition) is 5. The third kappa shape index (κ3) is 5.33. The minimum atomic E-state index is -0.262. The fraction of sp³-hybridized carbons (Fsp3) is 0.167. The first-order valence-electron chi connectivity index (χ1n) is 9.88. The highest BCUT2D eigenvalue weighted by molar-refractivity contribution is 5.95. The van der Waals surface area contributed by atoms with Crippen molar-refractivity contribution < 1.29 is 23.8 Å². The predicted molar refractivity (Wildman–Crippen MR) is 116 cm³/mol. The summed E-state index contributed by atoms with van der Waals surface area (Å²) in [6.07, 6.45) is 0. The van der Waals surface area contributed by atoms with Gasteiger partial charge >= 0.3 is 0 Å². The van der Waals surface area contributed by atoms with E-state index in [-0.39, 0.29) is 31.1 Å². The molecule has 158 valence electrons. The molecule has 3 aromatic carbocycles. The van der Waals surface area contributed by atoms with Gasteiger partial charge < -0.3 is 24.8 Å². The molecule has 4 rings (SSSR count). The van der Waals surface area contributed by atoms with Gasteiger partial charge in [0.2, 0.25) is 0 Å². The van der Waals surface area contributed by atoms with Gasteiger partial charge in [-0.15, -0.1) is 0 Å². The van der Waals surface area contributed by atoms with Crippen LogP contribution in [0.4, 0.5) is 5.69 Å². The number of amides is 2. The second kappa shape index (κ2) is 9.21. The Morgan fingerprint density at radius 1 is 1.03 bits per heavy atom. The normalized spacial score (nSPS) is 13.3. The zero-order chi connectivity index (χ0) is 21.6. The van der Waals surface area contributed by atoms with Crippen molar-refractivity contribution in [1.29, 1.82) is 0 Å². The molecule has 0 spiro atoms. The second-order valence-corrected chi connectivity index (χ2v) is 7.06. The standard InChI is InChI=1S/C24H22N2O5/c1-16(17-7-12-22-21(13-17)26-24(28)15-30-22)25-23(27)14-29-18-8-10-20(11-9-18)31-19-5-3-2-4-6-19/h2-13,16H,14-15H2,1H3,(H,25,27)(H,26,28). The summed E-state index contributed by atoms with van der Waals surface area (Å²) >= 11 is 0. The topological polar surface area (TPSA) is 85.9 Å². The van der Waals surface area contributed by atoms with Crippen LogP contribution in [0, 0.1) is 0 Å². The fourth-order valence-electron chi connectivity index (χ4n) is 3.11. The number of hydrogen-bond donors (Lipinski definition) is 2. The van der Waals surface area contributed by atoms with Crippen molar-refractivity contribution in [1.82, 2.24) is 5.32 Å². The Hall–Kier alpha value is -4.00. The average Bonchev–Trinajstić information content (AvgIpc) is 2.79. The van der Waals surface area contributed by atoms with Crippen LogP contribution in [0.3, 0.4) is 0 Å². The van der Waals surface area contributed by atoms with Crippen LogP contribution in [0.15, 0.2) is 72.8 Å². The Bertz CT molecular complexity index is 1070. The summed E-state index contributed by atoms with van der Waals surface area (Å²) in [5, 5.41) is 5.65. The zero-order valence-electron chi connectivity index (χ0n) is 17.0. The summed E-state index contributed by atoms with van der Waals surface area (Å²) in [5.41, 5.74) is 1.45. The molecular formula is C24H22N2O5. The summed E-state index contributed by atoms with van der Waals surface area (Å²) in [6.45, 7) is 1.75. The summed E-state index contributed by atoms with van der Waals surface area (Å²) < 4.78 is 16.7. The van der Waals surface area contributed by atoms with E-state index in [0.717, 1.165) is 11.3 Å². The molecule has 7 nitrogen and oxygen atoms in total. The van der Waals surface area contributed by atoms with Crippen LogP contribution in [0.5, 0.6) is 23.0 Å². The van der Waals surface area contributed by atoms with Gasteiger partial charge in [0.25, 0.3) is 11.8 Å². The highest BCUT2D eigenvalue weighted by Crippen LogP contribution is 2.30. The Balaban J connectivity index is 1.28. The van der Waals surface area contributed by atoms with Crippen molar-refractivity contribution in [2.75, 3.05) is 18.5 Å². The molecule has 2 N–H and O–H groups in total. The van der Waals surface area contributed by atoms with Crippen molar-refractivity contribution >= 4 is 17.5 Å². The molecule has 3 aromatic rings. The Labute approximate surface area is 179 Å². The van der Waals surface area contributed by atoms with Crippen LogP contribution >= 0.6 is 0 Å². The lowest BCUT2D eigenvalue weighted by atomic mass is 10.1. The van der Waals surface area contributed by atoms with Gasteiger partial charge in [0.05, 0.1) is 11.7 Å². The summed E-state index contributed by atoms with van der Waals surface area (Å²) in [7, 11) is 0. The largest absolute Gasteiger partial charge is 0.484 e. The molecule has 0 aromatic heterocycles. The third-order valence-electron chi connectivity index (χ3n) is 4.69. The molecular weight excluding hydrogens is 396 g/mol. The van der Waals surface area contributed by atoms with Crippen molar-refractivity contribution in [3.8, 4) is 23.0 Å². The van der Waals surface area contributed by atoms with E-state index < -0.39 is 0 Å². The molecule has 31 heavy (non-hydrogen) atoms. The average molecular weight is 418 g/mol. The minimum Gasteiger partial charge on any atom is -0.484 e. The van der Waals surface area contributed by atoms with Crippen LogP contribution in [0.1, 0.15) is 18.5 Å². The van der Waals surface area contributed by atoms with Gasteiger partial charge in [0, 0.05) is 0 Å². The van der Waals surface area contributed by atoms with Crippen molar-refractivity contribution in [2.45, 2.75) is 13.0 Å². The lowest BCUT2D eigenvalue weighted by molar-refractivity contribution is -0.123. The molecule has 0 radical (unpaired) electrons. The number of benzene rings is 3. The minimum absolute atomic E-state index is 0.00926. The lowest BCUT2D eigenvalue weighted by Gasteiger charge is -2.21. The predicted octanol–water partition coefficient (Wildman–Crippen LogP) is 4.07. The molecule has 0 bridgehead atoms. The van der Waals surface area contributed by atoms with E-state index in [4.69, 9.17) is 14.2 Å². The SMILES string of the molecule is CC(NC(=O)COc1ccc(Oc2ccccc2)cc1)c1ccc2c(c1)NC(=O)CO2. The van der Waals surface area contributed by atoms with Crippen LogP contribution in [0.25, 0.3) is 0 Å². The fourth-order valence-corrected chi connectivity index (χ4v) is 3.11. The number of carbonyl (C=O) groups excluding carboxylic acids is 2. The maximum atomic E-state index is 12.3. The Morgan fingerprint density at radius 3 is 2.52 bits per heavy atom. The molecule has 1 aliphatic rings. The molecule has 2 amide bonds. The molecule has 1 atom stereocenters. The number of nitrogens with one attached hydrogen (secondary N) is 2. The zero-order valence-corrected chi connectivity index (χ0v) is 17.0. The van der Waals surface area contributed by atoms with Crippen LogP contribution < -0.4 is 24.8 Å². The van der Waals surface area contributed by atoms with Crippen molar-refractivity contribution in [3.63, 3.8) is 0 Å². The van der Waals surface area contributed by atoms with Crippen LogP contribution in [-0.2, 0) is 9.59 Å². The molecule has 1 heterocycles. The number of anilines is 1. The third-order valence-corrected chi connectivity index (χ3v) is 4.69. The van der Waals surface area contributed by atoms with Crippen LogP contribution in [-0.4, -0.2) is 25.0 Å². The first-order valence-corrected chi connectivity index (χ1v) is 9.88. The number of fused-ring (bicyclic) bond motifs is 1. The summed E-state index contributed by atoms with van der Waals surface area (Å²) in [6, 6.07) is 21.7. The van der Waals surface area contributed by atoms with E-state index in [0.29, 0.717) is 22.9 Å². The van der Waals surface area contributed by atoms with E-state index in [1.165, 1.54) is 0 Å². The van der Waals surface area contributed by atoms with E-state index >= 15 is 0 Å². The number of para-hydroxylation sites is 1. The quantitative estimate of drug-likeness (QED) is 0.604. The Morgan fingerprint density at radius 2 is 1.74 bits per heavy atom. The van der Waals surface area contributed by atoms with Gasteiger partial charge in [-0.25, -0.2) is 0 Å². The number of carbonyl (C=O) groups is 2. The smallest absolute Gasteiger partial charge is 0.262 e. The molecule has 7 heteroatoms. The van der Waals surface area contributed by atoms with Gasteiger partial charge in [-0.05, 0) is 61.0 Å².